The number of hydrogen-bond acceptors (Lipinski definition) is 7. The molecule has 1 aliphatic rings. The van der Waals surface area contributed by atoms with Crippen LogP contribution in [0, 0.1) is 0 Å². The Labute approximate surface area is 213 Å². The summed E-state index contributed by atoms with van der Waals surface area (Å²) in [6.07, 6.45) is 0. The average Bonchev–Trinajstić information content (AvgIpc) is 3.42. The SMILES string of the molecule is CCOC(=O)c1ccc2nc(N3C(=O)c4oc5ccccc5c(=O)c4[C@@H]3c3cccc(Cl)c3)sc2c1. The monoisotopic (exact) mass is 516 g/mol. The maximum atomic E-state index is 13.8. The highest BCUT2D eigenvalue weighted by atomic mass is 35.5. The third-order valence-electron chi connectivity index (χ3n) is 6.04. The Kier molecular flexibility index (Phi) is 5.35. The Bertz CT molecular complexity index is 1760. The van der Waals surface area contributed by atoms with Gasteiger partial charge >= 0.3 is 5.97 Å². The minimum atomic E-state index is -0.780. The molecular formula is C27H17ClN2O5S. The van der Waals surface area contributed by atoms with Gasteiger partial charge in [-0.25, -0.2) is 9.78 Å². The summed E-state index contributed by atoms with van der Waals surface area (Å²) >= 11 is 7.53. The first-order valence-electron chi connectivity index (χ1n) is 11.2. The molecule has 3 aromatic carbocycles. The molecule has 1 amide bonds. The molecular weight excluding hydrogens is 500 g/mol. The van der Waals surface area contributed by atoms with Crippen molar-refractivity contribution in [3.8, 4) is 0 Å². The van der Waals surface area contributed by atoms with Crippen LogP contribution in [0.25, 0.3) is 21.2 Å². The van der Waals surface area contributed by atoms with Gasteiger partial charge in [0.05, 0.1) is 39.4 Å². The van der Waals surface area contributed by atoms with Crippen LogP contribution in [0.3, 0.4) is 0 Å². The van der Waals surface area contributed by atoms with Crippen molar-refractivity contribution in [2.24, 2.45) is 0 Å². The minimum absolute atomic E-state index is 0.0184. The maximum Gasteiger partial charge on any atom is 0.338 e. The summed E-state index contributed by atoms with van der Waals surface area (Å²) in [6.45, 7) is 2.01. The number of esters is 1. The summed E-state index contributed by atoms with van der Waals surface area (Å²) in [5.74, 6) is -0.921. The third-order valence-corrected chi connectivity index (χ3v) is 7.29. The molecule has 6 rings (SSSR count). The predicted molar refractivity (Wildman–Crippen MR) is 138 cm³/mol. The number of nitrogens with zero attached hydrogens (tertiary/aromatic N) is 2. The van der Waals surface area contributed by atoms with E-state index in [4.69, 9.17) is 20.8 Å². The molecule has 0 spiro atoms. The molecule has 1 aliphatic heterocycles. The fourth-order valence-corrected chi connectivity index (χ4v) is 5.70. The smallest absolute Gasteiger partial charge is 0.338 e. The van der Waals surface area contributed by atoms with Crippen LogP contribution in [0.2, 0.25) is 5.02 Å². The molecule has 0 N–H and O–H groups in total. The fraction of sp³-hybridized carbons (Fsp3) is 0.111. The quantitative estimate of drug-likeness (QED) is 0.273. The number of benzene rings is 3. The summed E-state index contributed by atoms with van der Waals surface area (Å²) in [7, 11) is 0. The zero-order valence-corrected chi connectivity index (χ0v) is 20.4. The van der Waals surface area contributed by atoms with Crippen LogP contribution in [0.15, 0.2) is 75.9 Å². The summed E-state index contributed by atoms with van der Waals surface area (Å²) < 4.78 is 11.8. The van der Waals surface area contributed by atoms with Crippen molar-refractivity contribution in [3.63, 3.8) is 0 Å². The number of amides is 1. The first kappa shape index (κ1) is 22.5. The van der Waals surface area contributed by atoms with Crippen molar-refractivity contribution in [3.05, 3.63) is 104 Å². The van der Waals surface area contributed by atoms with Gasteiger partial charge in [-0.2, -0.15) is 0 Å². The largest absolute Gasteiger partial charge is 0.462 e. The number of fused-ring (bicyclic) bond motifs is 3. The van der Waals surface area contributed by atoms with Crippen LogP contribution >= 0.6 is 22.9 Å². The molecule has 0 aliphatic carbocycles. The van der Waals surface area contributed by atoms with E-state index in [1.54, 1.807) is 67.6 Å². The molecule has 5 aromatic rings. The van der Waals surface area contributed by atoms with Gasteiger partial charge in [-0.15, -0.1) is 0 Å². The highest BCUT2D eigenvalue weighted by Gasteiger charge is 2.45. The Morgan fingerprint density at radius 3 is 2.75 bits per heavy atom. The Hall–Kier alpha value is -4.01. The third kappa shape index (κ3) is 3.49. The van der Waals surface area contributed by atoms with E-state index in [0.29, 0.717) is 42.5 Å². The highest BCUT2D eigenvalue weighted by molar-refractivity contribution is 7.22. The van der Waals surface area contributed by atoms with Crippen molar-refractivity contribution in [1.29, 1.82) is 0 Å². The summed E-state index contributed by atoms with van der Waals surface area (Å²) in [5.41, 5.74) is 1.96. The average molecular weight is 517 g/mol. The van der Waals surface area contributed by atoms with Crippen LogP contribution < -0.4 is 10.3 Å². The van der Waals surface area contributed by atoms with E-state index < -0.39 is 17.9 Å². The molecule has 0 bridgehead atoms. The summed E-state index contributed by atoms with van der Waals surface area (Å²) in [5, 5.41) is 1.24. The van der Waals surface area contributed by atoms with Gasteiger partial charge in [0.25, 0.3) is 5.91 Å². The lowest BCUT2D eigenvalue weighted by Crippen LogP contribution is -2.29. The van der Waals surface area contributed by atoms with Gasteiger partial charge in [-0.05, 0) is 55.0 Å². The molecule has 36 heavy (non-hydrogen) atoms. The topological polar surface area (TPSA) is 89.7 Å². The first-order chi connectivity index (χ1) is 17.5. The molecule has 0 radical (unpaired) electrons. The summed E-state index contributed by atoms with van der Waals surface area (Å²) in [4.78, 5) is 45.7. The van der Waals surface area contributed by atoms with Crippen LogP contribution in [-0.2, 0) is 4.74 Å². The standard InChI is InChI=1S/C27H17ClN2O5S/c1-2-34-26(33)15-10-11-18-20(13-15)36-27(29-18)30-22(14-6-5-7-16(28)12-14)21-23(31)17-8-3-4-9-19(17)35-24(21)25(30)32/h3-13,22H,2H2,1H3/t22-/m0/s1. The molecule has 178 valence electrons. The van der Waals surface area contributed by atoms with Gasteiger partial charge in [-0.1, -0.05) is 47.2 Å². The zero-order chi connectivity index (χ0) is 25.0. The van der Waals surface area contributed by atoms with Crippen LogP contribution in [0.4, 0.5) is 5.13 Å². The van der Waals surface area contributed by atoms with Gasteiger partial charge in [0.1, 0.15) is 5.58 Å². The molecule has 2 aromatic heterocycles. The number of rotatable bonds is 4. The van der Waals surface area contributed by atoms with Crippen LogP contribution in [-0.4, -0.2) is 23.5 Å². The van der Waals surface area contributed by atoms with E-state index in [1.807, 2.05) is 6.07 Å². The van der Waals surface area contributed by atoms with Crippen molar-refractivity contribution in [2.45, 2.75) is 13.0 Å². The lowest BCUT2D eigenvalue weighted by molar-refractivity contribution is 0.0526. The fourth-order valence-electron chi connectivity index (χ4n) is 4.47. The van der Waals surface area contributed by atoms with E-state index >= 15 is 0 Å². The zero-order valence-electron chi connectivity index (χ0n) is 18.9. The summed E-state index contributed by atoms with van der Waals surface area (Å²) in [6, 6.07) is 18.1. The van der Waals surface area contributed by atoms with Gasteiger partial charge in [0, 0.05) is 5.02 Å². The molecule has 9 heteroatoms. The van der Waals surface area contributed by atoms with E-state index in [-0.39, 0.29) is 23.4 Å². The second kappa shape index (κ2) is 8.58. The van der Waals surface area contributed by atoms with Crippen molar-refractivity contribution < 1.29 is 18.7 Å². The number of aromatic nitrogens is 1. The molecule has 1 atom stereocenters. The Balaban J connectivity index is 1.56. The van der Waals surface area contributed by atoms with E-state index in [9.17, 15) is 14.4 Å². The normalized spacial score (nSPS) is 15.0. The number of carbonyl (C=O) groups excluding carboxylic acids is 2. The molecule has 0 fully saturated rings. The first-order valence-corrected chi connectivity index (χ1v) is 12.4. The van der Waals surface area contributed by atoms with E-state index in [0.717, 1.165) is 0 Å². The van der Waals surface area contributed by atoms with Crippen molar-refractivity contribution in [1.82, 2.24) is 4.98 Å². The molecule has 3 heterocycles. The number of thiazole rings is 1. The molecule has 0 saturated heterocycles. The van der Waals surface area contributed by atoms with Crippen LogP contribution in [0.5, 0.6) is 0 Å². The number of carbonyl (C=O) groups is 2. The van der Waals surface area contributed by atoms with Gasteiger partial charge in [0.2, 0.25) is 5.76 Å². The Morgan fingerprint density at radius 2 is 1.94 bits per heavy atom. The lowest BCUT2D eigenvalue weighted by atomic mass is 9.99. The maximum absolute atomic E-state index is 13.8. The van der Waals surface area contributed by atoms with Crippen molar-refractivity contribution >= 4 is 61.1 Å². The number of hydrogen-bond donors (Lipinski definition) is 0. The second-order valence-electron chi connectivity index (χ2n) is 8.20. The number of ether oxygens (including phenoxy) is 1. The van der Waals surface area contributed by atoms with Crippen molar-refractivity contribution in [2.75, 3.05) is 11.5 Å². The van der Waals surface area contributed by atoms with Crippen LogP contribution in [0.1, 0.15) is 45.0 Å². The minimum Gasteiger partial charge on any atom is -0.462 e. The number of para-hydroxylation sites is 1. The van der Waals surface area contributed by atoms with E-state index in [1.165, 1.54) is 16.2 Å². The molecule has 7 nitrogen and oxygen atoms in total. The number of anilines is 1. The van der Waals surface area contributed by atoms with Gasteiger partial charge in [0.15, 0.2) is 10.6 Å². The van der Waals surface area contributed by atoms with Gasteiger partial charge in [-0.3, -0.25) is 14.5 Å². The molecule has 0 unspecified atom stereocenters. The highest BCUT2D eigenvalue weighted by Crippen LogP contribution is 2.44. The predicted octanol–water partition coefficient (Wildman–Crippen LogP) is 5.98. The number of halogens is 1. The lowest BCUT2D eigenvalue weighted by Gasteiger charge is -2.22. The second-order valence-corrected chi connectivity index (χ2v) is 9.65. The van der Waals surface area contributed by atoms with E-state index in [2.05, 4.69) is 4.98 Å². The van der Waals surface area contributed by atoms with Gasteiger partial charge < -0.3 is 9.15 Å². The Morgan fingerprint density at radius 1 is 1.11 bits per heavy atom. The molecule has 0 saturated carbocycles.